The van der Waals surface area contributed by atoms with Crippen LogP contribution in [0.15, 0.2) is 42.5 Å². The normalized spacial score (nSPS) is 12.0. The number of halogens is 1. The Morgan fingerprint density at radius 3 is 2.71 bits per heavy atom. The van der Waals surface area contributed by atoms with Crippen LogP contribution in [0, 0.1) is 12.7 Å². The molecule has 0 aliphatic heterocycles. The van der Waals surface area contributed by atoms with Crippen molar-refractivity contribution in [3.8, 4) is 11.5 Å². The molecular weight excluding hydrogens is 269 g/mol. The van der Waals surface area contributed by atoms with Crippen LogP contribution < -0.4 is 14.8 Å². The van der Waals surface area contributed by atoms with Crippen LogP contribution in [0.1, 0.15) is 17.2 Å². The van der Waals surface area contributed by atoms with Crippen LogP contribution in [-0.2, 0) is 0 Å². The minimum absolute atomic E-state index is 0.0417. The first-order valence-electron chi connectivity index (χ1n) is 6.84. The topological polar surface area (TPSA) is 30.5 Å². The van der Waals surface area contributed by atoms with Gasteiger partial charge >= 0.3 is 0 Å². The van der Waals surface area contributed by atoms with E-state index < -0.39 is 0 Å². The molecule has 0 spiro atoms. The van der Waals surface area contributed by atoms with Crippen molar-refractivity contribution in [3.05, 3.63) is 59.4 Å². The summed E-state index contributed by atoms with van der Waals surface area (Å²) < 4.78 is 24.5. The third-order valence-electron chi connectivity index (χ3n) is 3.34. The molecule has 2 aromatic rings. The van der Waals surface area contributed by atoms with Crippen molar-refractivity contribution in [2.45, 2.75) is 13.0 Å². The van der Waals surface area contributed by atoms with Gasteiger partial charge in [0.1, 0.15) is 12.4 Å². The average Bonchev–Trinajstić information content (AvgIpc) is 2.51. The summed E-state index contributed by atoms with van der Waals surface area (Å²) in [5, 5.41) is 3.17. The lowest BCUT2D eigenvalue weighted by atomic mass is 10.1. The number of hydrogen-bond donors (Lipinski definition) is 1. The van der Waals surface area contributed by atoms with Gasteiger partial charge in [-0.3, -0.25) is 0 Å². The van der Waals surface area contributed by atoms with Crippen LogP contribution in [0.5, 0.6) is 11.5 Å². The van der Waals surface area contributed by atoms with Crippen molar-refractivity contribution >= 4 is 0 Å². The third-order valence-corrected chi connectivity index (χ3v) is 3.34. The summed E-state index contributed by atoms with van der Waals surface area (Å²) >= 11 is 0. The van der Waals surface area contributed by atoms with E-state index in [9.17, 15) is 4.39 Å². The fraction of sp³-hybridized carbons (Fsp3) is 0.294. The molecule has 0 bridgehead atoms. The number of methoxy groups -OCH3 is 1. The highest BCUT2D eigenvalue weighted by atomic mass is 19.1. The molecule has 1 N–H and O–H groups in total. The van der Waals surface area contributed by atoms with Crippen LogP contribution in [0.2, 0.25) is 0 Å². The zero-order chi connectivity index (χ0) is 15.2. The minimum atomic E-state index is -0.346. The predicted molar refractivity (Wildman–Crippen MR) is 81.4 cm³/mol. The van der Waals surface area contributed by atoms with E-state index in [2.05, 4.69) is 5.32 Å². The molecule has 0 radical (unpaired) electrons. The monoisotopic (exact) mass is 289 g/mol. The minimum Gasteiger partial charge on any atom is -0.497 e. The van der Waals surface area contributed by atoms with Gasteiger partial charge in [-0.05, 0) is 49.4 Å². The summed E-state index contributed by atoms with van der Waals surface area (Å²) in [5.74, 6) is 0.716. The van der Waals surface area contributed by atoms with E-state index in [1.807, 2.05) is 38.2 Å². The number of likely N-dealkylation sites (N-methyl/N-ethyl adjacent to an activating group) is 1. The molecule has 21 heavy (non-hydrogen) atoms. The van der Waals surface area contributed by atoms with Gasteiger partial charge in [0.2, 0.25) is 0 Å². The molecule has 112 valence electrons. The summed E-state index contributed by atoms with van der Waals surface area (Å²) in [6.45, 7) is 2.24. The first-order valence-corrected chi connectivity index (χ1v) is 6.84. The van der Waals surface area contributed by atoms with Gasteiger partial charge in [-0.15, -0.1) is 0 Å². The van der Waals surface area contributed by atoms with Crippen LogP contribution >= 0.6 is 0 Å². The maximum absolute atomic E-state index is 13.7. The van der Waals surface area contributed by atoms with Crippen molar-refractivity contribution in [3.63, 3.8) is 0 Å². The molecule has 0 amide bonds. The lowest BCUT2D eigenvalue weighted by molar-refractivity contribution is 0.261. The van der Waals surface area contributed by atoms with Crippen molar-refractivity contribution < 1.29 is 13.9 Å². The fourth-order valence-corrected chi connectivity index (χ4v) is 2.10. The van der Waals surface area contributed by atoms with Gasteiger partial charge in [-0.2, -0.15) is 0 Å². The molecule has 4 heteroatoms. The molecule has 2 rings (SSSR count). The number of benzene rings is 2. The standard InChI is InChI=1S/C17H20FNO2/c1-12-7-8-15(18)17(9-12)21-11-16(19-2)13-5-4-6-14(10-13)20-3/h4-10,16,19H,11H2,1-3H3. The summed E-state index contributed by atoms with van der Waals surface area (Å²) in [5.41, 5.74) is 2.00. The second-order valence-electron chi connectivity index (χ2n) is 4.86. The average molecular weight is 289 g/mol. The number of rotatable bonds is 6. The van der Waals surface area contributed by atoms with E-state index in [1.54, 1.807) is 19.2 Å². The first-order chi connectivity index (χ1) is 10.1. The van der Waals surface area contributed by atoms with Crippen molar-refractivity contribution in [1.29, 1.82) is 0 Å². The quantitative estimate of drug-likeness (QED) is 0.883. The van der Waals surface area contributed by atoms with Crippen LogP contribution in [0.3, 0.4) is 0 Å². The molecule has 3 nitrogen and oxygen atoms in total. The van der Waals surface area contributed by atoms with E-state index >= 15 is 0 Å². The Labute approximate surface area is 124 Å². The summed E-state index contributed by atoms with van der Waals surface area (Å²) in [4.78, 5) is 0. The Morgan fingerprint density at radius 1 is 1.19 bits per heavy atom. The number of hydrogen-bond acceptors (Lipinski definition) is 3. The highest BCUT2D eigenvalue weighted by Crippen LogP contribution is 2.22. The summed E-state index contributed by atoms with van der Waals surface area (Å²) in [7, 11) is 3.48. The lowest BCUT2D eigenvalue weighted by Gasteiger charge is -2.18. The van der Waals surface area contributed by atoms with Crippen LogP contribution in [0.4, 0.5) is 4.39 Å². The van der Waals surface area contributed by atoms with Gasteiger partial charge in [0, 0.05) is 0 Å². The molecule has 0 aliphatic rings. The number of ether oxygens (including phenoxy) is 2. The van der Waals surface area contributed by atoms with E-state index in [-0.39, 0.29) is 17.6 Å². The molecular formula is C17H20FNO2. The van der Waals surface area contributed by atoms with E-state index in [4.69, 9.17) is 9.47 Å². The maximum Gasteiger partial charge on any atom is 0.165 e. The highest BCUT2D eigenvalue weighted by Gasteiger charge is 2.12. The summed E-state index contributed by atoms with van der Waals surface area (Å²) in [6.07, 6.45) is 0. The predicted octanol–water partition coefficient (Wildman–Crippen LogP) is 3.48. The second-order valence-corrected chi connectivity index (χ2v) is 4.86. The Kier molecular flexibility index (Phi) is 5.17. The Balaban J connectivity index is 2.10. The molecule has 0 aliphatic carbocycles. The van der Waals surface area contributed by atoms with Gasteiger partial charge < -0.3 is 14.8 Å². The van der Waals surface area contributed by atoms with Crippen LogP contribution in [-0.4, -0.2) is 20.8 Å². The number of nitrogens with one attached hydrogen (secondary N) is 1. The summed E-state index contributed by atoms with van der Waals surface area (Å²) in [6, 6.07) is 12.5. The highest BCUT2D eigenvalue weighted by molar-refractivity contribution is 5.32. The van der Waals surface area contributed by atoms with Gasteiger partial charge in [0.25, 0.3) is 0 Å². The van der Waals surface area contributed by atoms with Crippen molar-refractivity contribution in [1.82, 2.24) is 5.32 Å². The smallest absolute Gasteiger partial charge is 0.165 e. The van der Waals surface area contributed by atoms with Gasteiger partial charge in [-0.25, -0.2) is 4.39 Å². The Morgan fingerprint density at radius 2 is 2.00 bits per heavy atom. The molecule has 1 atom stereocenters. The molecule has 2 aromatic carbocycles. The van der Waals surface area contributed by atoms with Gasteiger partial charge in [0.15, 0.2) is 11.6 Å². The zero-order valence-corrected chi connectivity index (χ0v) is 12.5. The van der Waals surface area contributed by atoms with E-state index in [0.717, 1.165) is 16.9 Å². The lowest BCUT2D eigenvalue weighted by Crippen LogP contribution is -2.23. The maximum atomic E-state index is 13.7. The molecule has 0 saturated carbocycles. The Bertz CT molecular complexity index is 601. The van der Waals surface area contributed by atoms with Gasteiger partial charge in [0.05, 0.1) is 13.2 Å². The Hall–Kier alpha value is -2.07. The van der Waals surface area contributed by atoms with Crippen LogP contribution in [0.25, 0.3) is 0 Å². The first kappa shape index (κ1) is 15.3. The molecule has 0 aromatic heterocycles. The van der Waals surface area contributed by atoms with Gasteiger partial charge in [-0.1, -0.05) is 18.2 Å². The third kappa shape index (κ3) is 3.95. The fourth-order valence-electron chi connectivity index (χ4n) is 2.10. The molecule has 0 fully saturated rings. The largest absolute Gasteiger partial charge is 0.497 e. The second kappa shape index (κ2) is 7.09. The van der Waals surface area contributed by atoms with E-state index in [1.165, 1.54) is 6.07 Å². The SMILES string of the molecule is CNC(COc1cc(C)ccc1F)c1cccc(OC)c1. The molecule has 0 saturated heterocycles. The number of aryl methyl sites for hydroxylation is 1. The van der Waals surface area contributed by atoms with Crippen molar-refractivity contribution in [2.24, 2.45) is 0 Å². The molecule has 0 heterocycles. The van der Waals surface area contributed by atoms with E-state index in [0.29, 0.717) is 6.61 Å². The molecule has 1 unspecified atom stereocenters. The zero-order valence-electron chi connectivity index (χ0n) is 12.5. The van der Waals surface area contributed by atoms with Crippen molar-refractivity contribution in [2.75, 3.05) is 20.8 Å².